The van der Waals surface area contributed by atoms with Gasteiger partial charge in [0.05, 0.1) is 28.4 Å². The SMILES string of the molecule is COc1ccc(C[C@H]2OC(=O)[C@@](c3ccc(OC)cc3)(c3cc(OC)cc(OC)c3)c3c(O)cc(O)cc32)cc1. The van der Waals surface area contributed by atoms with Crippen molar-refractivity contribution < 1.29 is 38.7 Å². The van der Waals surface area contributed by atoms with Crippen LogP contribution in [0.5, 0.6) is 34.5 Å². The van der Waals surface area contributed by atoms with Crippen LogP contribution in [0.1, 0.15) is 33.9 Å². The lowest BCUT2D eigenvalue weighted by Gasteiger charge is -2.41. The second-order valence-electron chi connectivity index (χ2n) is 9.46. The van der Waals surface area contributed by atoms with Crippen molar-refractivity contribution >= 4 is 5.97 Å². The van der Waals surface area contributed by atoms with Crippen LogP contribution in [0.3, 0.4) is 0 Å². The van der Waals surface area contributed by atoms with Gasteiger partial charge in [-0.2, -0.15) is 0 Å². The molecular formula is C32H30O8. The zero-order valence-electron chi connectivity index (χ0n) is 22.6. The number of phenols is 2. The number of methoxy groups -OCH3 is 4. The number of esters is 1. The van der Waals surface area contributed by atoms with Gasteiger partial charge in [-0.25, -0.2) is 0 Å². The molecule has 206 valence electrons. The predicted octanol–water partition coefficient (Wildman–Crippen LogP) is 5.31. The maximum atomic E-state index is 14.4. The molecule has 0 amide bonds. The molecule has 4 aromatic carbocycles. The molecule has 8 heteroatoms. The number of ether oxygens (including phenoxy) is 5. The van der Waals surface area contributed by atoms with Gasteiger partial charge in [-0.3, -0.25) is 4.79 Å². The average molecular weight is 543 g/mol. The van der Waals surface area contributed by atoms with E-state index in [9.17, 15) is 15.0 Å². The van der Waals surface area contributed by atoms with Crippen molar-refractivity contribution in [1.29, 1.82) is 0 Å². The number of cyclic esters (lactones) is 1. The number of carbonyl (C=O) groups is 1. The summed E-state index contributed by atoms with van der Waals surface area (Å²) in [7, 11) is 6.19. The number of hydrogen-bond donors (Lipinski definition) is 2. The highest BCUT2D eigenvalue weighted by atomic mass is 16.5. The van der Waals surface area contributed by atoms with Gasteiger partial charge < -0.3 is 33.9 Å². The molecule has 1 aliphatic rings. The fourth-order valence-corrected chi connectivity index (χ4v) is 5.36. The second-order valence-corrected chi connectivity index (χ2v) is 9.46. The van der Waals surface area contributed by atoms with Gasteiger partial charge in [-0.1, -0.05) is 24.3 Å². The summed E-state index contributed by atoms with van der Waals surface area (Å²) < 4.78 is 27.9. The van der Waals surface area contributed by atoms with Crippen LogP contribution >= 0.6 is 0 Å². The first-order valence-electron chi connectivity index (χ1n) is 12.6. The van der Waals surface area contributed by atoms with Crippen molar-refractivity contribution in [2.24, 2.45) is 0 Å². The molecule has 2 N–H and O–H groups in total. The van der Waals surface area contributed by atoms with Gasteiger partial charge >= 0.3 is 5.97 Å². The van der Waals surface area contributed by atoms with Gasteiger partial charge in [0.2, 0.25) is 0 Å². The summed E-state index contributed by atoms with van der Waals surface area (Å²) in [6.07, 6.45) is -0.473. The summed E-state index contributed by atoms with van der Waals surface area (Å²) in [5, 5.41) is 22.0. The van der Waals surface area contributed by atoms with E-state index < -0.39 is 17.5 Å². The number of phenolic OH excluding ortho intramolecular Hbond substituents is 2. The Balaban J connectivity index is 1.79. The summed E-state index contributed by atoms with van der Waals surface area (Å²) in [5.74, 6) is 1.21. The lowest BCUT2D eigenvalue weighted by atomic mass is 9.65. The molecule has 1 aliphatic heterocycles. The first-order valence-corrected chi connectivity index (χ1v) is 12.6. The highest BCUT2D eigenvalue weighted by Crippen LogP contribution is 2.53. The molecule has 0 bridgehead atoms. The third kappa shape index (κ3) is 4.51. The van der Waals surface area contributed by atoms with E-state index >= 15 is 0 Å². The van der Waals surface area contributed by atoms with E-state index in [-0.39, 0.29) is 11.5 Å². The molecule has 0 aromatic heterocycles. The monoisotopic (exact) mass is 542 g/mol. The Labute approximate surface area is 232 Å². The van der Waals surface area contributed by atoms with Crippen LogP contribution in [0.4, 0.5) is 0 Å². The molecular weight excluding hydrogens is 512 g/mol. The van der Waals surface area contributed by atoms with Crippen LogP contribution in [-0.4, -0.2) is 44.6 Å². The lowest BCUT2D eigenvalue weighted by Crippen LogP contribution is -2.45. The Morgan fingerprint density at radius 2 is 1.25 bits per heavy atom. The first-order chi connectivity index (χ1) is 19.3. The van der Waals surface area contributed by atoms with Gasteiger partial charge in [-0.15, -0.1) is 0 Å². The van der Waals surface area contributed by atoms with Crippen molar-refractivity contribution in [2.75, 3.05) is 28.4 Å². The number of rotatable bonds is 8. The molecule has 0 spiro atoms. The van der Waals surface area contributed by atoms with E-state index in [1.165, 1.54) is 26.4 Å². The maximum Gasteiger partial charge on any atom is 0.326 e. The summed E-state index contributed by atoms with van der Waals surface area (Å²) in [4.78, 5) is 14.4. The van der Waals surface area contributed by atoms with E-state index in [1.807, 2.05) is 24.3 Å². The molecule has 0 fully saturated rings. The van der Waals surface area contributed by atoms with Crippen molar-refractivity contribution in [3.63, 3.8) is 0 Å². The fourth-order valence-electron chi connectivity index (χ4n) is 5.36. The predicted molar refractivity (Wildman–Crippen MR) is 148 cm³/mol. The molecule has 0 saturated carbocycles. The molecule has 0 unspecified atom stereocenters. The lowest BCUT2D eigenvalue weighted by molar-refractivity contribution is -0.155. The normalized spacial score (nSPS) is 17.9. The van der Waals surface area contributed by atoms with Gasteiger partial charge in [0.1, 0.15) is 46.0 Å². The first kappa shape index (κ1) is 26.7. The molecule has 5 rings (SSSR count). The minimum absolute atomic E-state index is 0.152. The molecule has 8 nitrogen and oxygen atoms in total. The van der Waals surface area contributed by atoms with Crippen LogP contribution in [0.25, 0.3) is 0 Å². The van der Waals surface area contributed by atoms with E-state index in [2.05, 4.69) is 0 Å². The zero-order chi connectivity index (χ0) is 28.4. The van der Waals surface area contributed by atoms with Crippen molar-refractivity contribution in [3.05, 3.63) is 107 Å². The second kappa shape index (κ2) is 10.7. The standard InChI is InChI=1S/C32H30O8/c1-36-23-9-5-19(6-10-23)13-29-27-16-22(33)17-28(34)30(27)32(31(35)40-29,20-7-11-24(37-2)12-8-20)21-14-25(38-3)18-26(15-21)39-4/h5-12,14-18,29,33-34H,13H2,1-4H3/t29-,32+/m1/s1. The van der Waals surface area contributed by atoms with E-state index in [1.54, 1.807) is 56.7 Å². The third-order valence-electron chi connectivity index (χ3n) is 7.30. The third-order valence-corrected chi connectivity index (χ3v) is 7.30. The molecule has 4 aromatic rings. The number of fused-ring (bicyclic) bond motifs is 1. The minimum atomic E-state index is -1.63. The van der Waals surface area contributed by atoms with Crippen LogP contribution < -0.4 is 18.9 Å². The largest absolute Gasteiger partial charge is 0.508 e. The smallest absolute Gasteiger partial charge is 0.326 e. The summed E-state index contributed by atoms with van der Waals surface area (Å²) in [6.45, 7) is 0. The van der Waals surface area contributed by atoms with Crippen molar-refractivity contribution in [3.8, 4) is 34.5 Å². The van der Waals surface area contributed by atoms with E-state index in [0.717, 1.165) is 5.56 Å². The van der Waals surface area contributed by atoms with Crippen LogP contribution in [0, 0.1) is 0 Å². The summed E-state index contributed by atoms with van der Waals surface area (Å²) in [5.41, 5.74) is 1.03. The molecule has 2 atom stereocenters. The Bertz CT molecular complexity index is 1510. The van der Waals surface area contributed by atoms with Gasteiger partial charge in [0.25, 0.3) is 0 Å². The Morgan fingerprint density at radius 1 is 0.700 bits per heavy atom. The Kier molecular flexibility index (Phi) is 7.17. The molecule has 40 heavy (non-hydrogen) atoms. The Hall–Kier alpha value is -4.85. The van der Waals surface area contributed by atoms with Gasteiger partial charge in [0.15, 0.2) is 0 Å². The summed E-state index contributed by atoms with van der Waals surface area (Å²) in [6, 6.07) is 22.3. The fraction of sp³-hybridized carbons (Fsp3) is 0.219. The number of carbonyl (C=O) groups excluding carboxylic acids is 1. The van der Waals surface area contributed by atoms with Crippen molar-refractivity contribution in [1.82, 2.24) is 0 Å². The van der Waals surface area contributed by atoms with Gasteiger partial charge in [0, 0.05) is 29.7 Å². The van der Waals surface area contributed by atoms with Crippen LogP contribution in [0.15, 0.2) is 78.9 Å². The number of benzene rings is 4. The highest BCUT2D eigenvalue weighted by Gasteiger charge is 2.53. The zero-order valence-corrected chi connectivity index (χ0v) is 22.6. The number of aromatic hydroxyl groups is 2. The Morgan fingerprint density at radius 3 is 1.80 bits per heavy atom. The average Bonchev–Trinajstić information content (AvgIpc) is 2.98. The van der Waals surface area contributed by atoms with Crippen LogP contribution in [0.2, 0.25) is 0 Å². The maximum absolute atomic E-state index is 14.4. The van der Waals surface area contributed by atoms with E-state index in [4.69, 9.17) is 23.7 Å². The number of hydrogen-bond acceptors (Lipinski definition) is 8. The van der Waals surface area contributed by atoms with Crippen LogP contribution in [-0.2, 0) is 21.4 Å². The molecule has 0 saturated heterocycles. The van der Waals surface area contributed by atoms with Crippen molar-refractivity contribution in [2.45, 2.75) is 17.9 Å². The topological polar surface area (TPSA) is 104 Å². The quantitative estimate of drug-likeness (QED) is 0.289. The van der Waals surface area contributed by atoms with Gasteiger partial charge in [-0.05, 0) is 59.2 Å². The minimum Gasteiger partial charge on any atom is -0.508 e. The van der Waals surface area contributed by atoms with E-state index in [0.29, 0.717) is 51.7 Å². The summed E-state index contributed by atoms with van der Waals surface area (Å²) >= 11 is 0. The molecule has 1 heterocycles. The highest BCUT2D eigenvalue weighted by molar-refractivity contribution is 5.96. The molecule has 0 radical (unpaired) electrons. The molecule has 0 aliphatic carbocycles.